The molecule has 0 spiro atoms. The Hall–Kier alpha value is -3.13. The Labute approximate surface area is 165 Å². The zero-order valence-electron chi connectivity index (χ0n) is 15.3. The number of para-hydroxylation sites is 1. The highest BCUT2D eigenvalue weighted by atomic mass is 32.2. The fraction of sp³-hybridized carbons (Fsp3) is 0.150. The Morgan fingerprint density at radius 3 is 2.61 bits per heavy atom. The fourth-order valence-electron chi connectivity index (χ4n) is 3.22. The van der Waals surface area contributed by atoms with Crippen molar-refractivity contribution in [1.82, 2.24) is 14.8 Å². The highest BCUT2D eigenvalue weighted by Gasteiger charge is 2.35. The Kier molecular flexibility index (Phi) is 4.87. The predicted octanol–water partition coefficient (Wildman–Crippen LogP) is 4.07. The molecule has 1 atom stereocenters. The van der Waals surface area contributed by atoms with Crippen LogP contribution in [0.2, 0.25) is 0 Å². The molecule has 2 N–H and O–H groups in total. The third kappa shape index (κ3) is 3.27. The summed E-state index contributed by atoms with van der Waals surface area (Å²) in [7, 11) is 0. The van der Waals surface area contributed by atoms with Gasteiger partial charge in [-0.1, -0.05) is 48.2 Å². The van der Waals surface area contributed by atoms with E-state index in [1.807, 2.05) is 24.5 Å². The summed E-state index contributed by atoms with van der Waals surface area (Å²) in [6, 6.07) is 14.8. The number of carbonyl (C=O) groups excluding carboxylic acids is 1. The predicted molar refractivity (Wildman–Crippen MR) is 108 cm³/mol. The number of fused-ring (bicyclic) bond motifs is 1. The van der Waals surface area contributed by atoms with E-state index < -0.39 is 11.9 Å². The quantitative estimate of drug-likeness (QED) is 0.652. The fourth-order valence-corrected chi connectivity index (χ4v) is 3.56. The highest BCUT2D eigenvalue weighted by Crippen LogP contribution is 2.37. The number of amides is 1. The first kappa shape index (κ1) is 18.2. The summed E-state index contributed by atoms with van der Waals surface area (Å²) in [6.07, 6.45) is 1.86. The lowest BCUT2D eigenvalue weighted by Crippen LogP contribution is -2.32. The van der Waals surface area contributed by atoms with Crippen LogP contribution in [-0.2, 0) is 4.79 Å². The number of nitrogens with one attached hydrogen (secondary N) is 2. The van der Waals surface area contributed by atoms with Crippen LogP contribution in [-0.4, -0.2) is 26.9 Å². The second-order valence-corrected chi connectivity index (χ2v) is 7.05. The maximum absolute atomic E-state index is 14.7. The van der Waals surface area contributed by atoms with Crippen molar-refractivity contribution in [3.63, 3.8) is 0 Å². The average Bonchev–Trinajstić information content (AvgIpc) is 3.11. The van der Waals surface area contributed by atoms with E-state index in [0.29, 0.717) is 33.6 Å². The Bertz CT molecular complexity index is 1060. The van der Waals surface area contributed by atoms with Crippen LogP contribution in [0.5, 0.6) is 0 Å². The van der Waals surface area contributed by atoms with Gasteiger partial charge in [-0.2, -0.15) is 4.98 Å². The molecule has 2 heterocycles. The van der Waals surface area contributed by atoms with E-state index in [4.69, 9.17) is 0 Å². The minimum atomic E-state index is -0.727. The molecule has 142 valence electrons. The van der Waals surface area contributed by atoms with Crippen LogP contribution in [0.1, 0.15) is 18.5 Å². The Morgan fingerprint density at radius 1 is 1.18 bits per heavy atom. The van der Waals surface area contributed by atoms with Gasteiger partial charge in [-0.15, -0.1) is 5.10 Å². The molecule has 0 saturated carbocycles. The molecule has 8 heteroatoms. The smallest absolute Gasteiger partial charge is 0.255 e. The number of allylic oxidation sites excluding steroid dienone is 1. The first-order valence-electron chi connectivity index (χ1n) is 8.67. The van der Waals surface area contributed by atoms with Gasteiger partial charge in [-0.25, -0.2) is 9.07 Å². The number of carbonyl (C=O) groups is 1. The molecule has 4 rings (SSSR count). The third-order valence-electron chi connectivity index (χ3n) is 4.49. The van der Waals surface area contributed by atoms with E-state index in [2.05, 4.69) is 20.7 Å². The van der Waals surface area contributed by atoms with Crippen molar-refractivity contribution in [2.45, 2.75) is 18.1 Å². The Balaban J connectivity index is 1.82. The monoisotopic (exact) mass is 395 g/mol. The summed E-state index contributed by atoms with van der Waals surface area (Å²) in [6.45, 7) is 1.78. The van der Waals surface area contributed by atoms with Crippen LogP contribution in [0.15, 0.2) is 71.0 Å². The normalized spacial score (nSPS) is 15.8. The van der Waals surface area contributed by atoms with E-state index in [-0.39, 0.29) is 5.91 Å². The average molecular weight is 395 g/mol. The SMILES string of the molecule is CSc1nc2n(n1)[C@H](c1ccccc1F)C(C(=O)Nc1ccccc1)=C(C)N2. The first-order valence-corrected chi connectivity index (χ1v) is 9.90. The van der Waals surface area contributed by atoms with Crippen LogP contribution in [0.3, 0.4) is 0 Å². The van der Waals surface area contributed by atoms with Crippen molar-refractivity contribution in [1.29, 1.82) is 0 Å². The van der Waals surface area contributed by atoms with Gasteiger partial charge in [0.25, 0.3) is 5.91 Å². The summed E-state index contributed by atoms with van der Waals surface area (Å²) < 4.78 is 16.3. The molecule has 2 aromatic carbocycles. The van der Waals surface area contributed by atoms with E-state index in [1.54, 1.807) is 41.9 Å². The number of anilines is 2. The summed E-state index contributed by atoms with van der Waals surface area (Å²) in [5.41, 5.74) is 2.02. The van der Waals surface area contributed by atoms with Crippen molar-refractivity contribution >= 4 is 29.3 Å². The molecule has 1 aliphatic heterocycles. The van der Waals surface area contributed by atoms with Crippen molar-refractivity contribution in [2.75, 3.05) is 16.9 Å². The van der Waals surface area contributed by atoms with E-state index in [9.17, 15) is 9.18 Å². The lowest BCUT2D eigenvalue weighted by Gasteiger charge is -2.28. The molecular weight excluding hydrogens is 377 g/mol. The zero-order chi connectivity index (χ0) is 19.7. The van der Waals surface area contributed by atoms with E-state index in [1.165, 1.54) is 17.8 Å². The zero-order valence-corrected chi connectivity index (χ0v) is 16.1. The molecule has 0 fully saturated rings. The summed E-state index contributed by atoms with van der Waals surface area (Å²) in [4.78, 5) is 17.6. The van der Waals surface area contributed by atoms with Gasteiger partial charge < -0.3 is 10.6 Å². The number of aromatic nitrogens is 3. The number of halogens is 1. The second-order valence-electron chi connectivity index (χ2n) is 6.27. The van der Waals surface area contributed by atoms with Crippen LogP contribution < -0.4 is 10.6 Å². The van der Waals surface area contributed by atoms with Gasteiger partial charge >= 0.3 is 0 Å². The van der Waals surface area contributed by atoms with Crippen molar-refractivity contribution in [3.05, 3.63) is 77.2 Å². The topological polar surface area (TPSA) is 71.8 Å². The number of hydrogen-bond donors (Lipinski definition) is 2. The first-order chi connectivity index (χ1) is 13.6. The summed E-state index contributed by atoms with van der Waals surface area (Å²) >= 11 is 1.38. The van der Waals surface area contributed by atoms with Crippen LogP contribution in [0, 0.1) is 5.82 Å². The Morgan fingerprint density at radius 2 is 1.89 bits per heavy atom. The maximum Gasteiger partial charge on any atom is 0.255 e. The van der Waals surface area contributed by atoms with Gasteiger partial charge in [0.1, 0.15) is 11.9 Å². The van der Waals surface area contributed by atoms with Crippen LogP contribution >= 0.6 is 11.8 Å². The lowest BCUT2D eigenvalue weighted by molar-refractivity contribution is -0.113. The third-order valence-corrected chi connectivity index (χ3v) is 5.03. The molecule has 0 bridgehead atoms. The lowest BCUT2D eigenvalue weighted by atomic mass is 9.94. The van der Waals surface area contributed by atoms with Crippen molar-refractivity contribution in [2.24, 2.45) is 0 Å². The minimum Gasteiger partial charge on any atom is -0.328 e. The molecule has 0 unspecified atom stereocenters. The van der Waals surface area contributed by atoms with Crippen molar-refractivity contribution in [3.8, 4) is 0 Å². The molecule has 6 nitrogen and oxygen atoms in total. The summed E-state index contributed by atoms with van der Waals surface area (Å²) in [5.74, 6) is -0.248. The molecule has 3 aromatic rings. The van der Waals surface area contributed by atoms with Crippen LogP contribution in [0.4, 0.5) is 16.0 Å². The molecule has 1 aliphatic rings. The van der Waals surface area contributed by atoms with Crippen molar-refractivity contribution < 1.29 is 9.18 Å². The molecule has 0 radical (unpaired) electrons. The minimum absolute atomic E-state index is 0.323. The molecule has 1 aromatic heterocycles. The largest absolute Gasteiger partial charge is 0.328 e. The van der Waals surface area contributed by atoms with Crippen LogP contribution in [0.25, 0.3) is 0 Å². The van der Waals surface area contributed by atoms with Gasteiger partial charge in [0, 0.05) is 16.9 Å². The standard InChI is InChI=1S/C20H18FN5OS/c1-12-16(18(27)23-13-8-4-3-5-9-13)17(14-10-6-7-11-15(14)21)26-19(22-12)24-20(25-26)28-2/h3-11,17H,1-2H3,(H,23,27)(H,22,24,25)/t17-/m1/s1. The number of hydrogen-bond acceptors (Lipinski definition) is 5. The van der Waals surface area contributed by atoms with E-state index >= 15 is 0 Å². The number of rotatable bonds is 4. The molecule has 0 aliphatic carbocycles. The van der Waals surface area contributed by atoms with Gasteiger partial charge in [0.2, 0.25) is 11.1 Å². The number of benzene rings is 2. The number of thioether (sulfide) groups is 1. The highest BCUT2D eigenvalue weighted by molar-refractivity contribution is 7.98. The molecule has 1 amide bonds. The van der Waals surface area contributed by atoms with E-state index in [0.717, 1.165) is 0 Å². The van der Waals surface area contributed by atoms with Gasteiger partial charge in [0.05, 0.1) is 5.57 Å². The molecular formula is C20H18FN5OS. The maximum atomic E-state index is 14.7. The molecule has 0 saturated heterocycles. The van der Waals surface area contributed by atoms with Gasteiger partial charge in [-0.05, 0) is 31.4 Å². The van der Waals surface area contributed by atoms with Gasteiger partial charge in [0.15, 0.2) is 0 Å². The molecule has 28 heavy (non-hydrogen) atoms. The summed E-state index contributed by atoms with van der Waals surface area (Å²) in [5, 5.41) is 11.0. The van der Waals surface area contributed by atoms with Gasteiger partial charge in [-0.3, -0.25) is 4.79 Å². The second kappa shape index (κ2) is 7.47. The number of nitrogens with zero attached hydrogens (tertiary/aromatic N) is 3.